The number of carbonyl (C=O) groups excluding carboxylic acids is 1. The summed E-state index contributed by atoms with van der Waals surface area (Å²) < 4.78 is 41.0. The van der Waals surface area contributed by atoms with E-state index in [0.717, 1.165) is 25.9 Å². The molecule has 2 aromatic heterocycles. The molecule has 0 aliphatic carbocycles. The Morgan fingerprint density at radius 3 is 2.64 bits per heavy atom. The maximum atomic E-state index is 13.2. The molecule has 1 amide bonds. The summed E-state index contributed by atoms with van der Waals surface area (Å²) in [5, 5.41) is 5.90. The number of alkyl halides is 3. The maximum Gasteiger partial charge on any atom is 0.433 e. The zero-order valence-electron chi connectivity index (χ0n) is 13.5. The summed E-state index contributed by atoms with van der Waals surface area (Å²) in [5.74, 6) is -0.825. The molecule has 3 heterocycles. The summed E-state index contributed by atoms with van der Waals surface area (Å²) in [5.41, 5.74) is -1.17. The fourth-order valence-electron chi connectivity index (χ4n) is 2.62. The molecule has 0 unspecified atom stereocenters. The molecule has 2 aromatic rings. The van der Waals surface area contributed by atoms with E-state index < -0.39 is 17.8 Å². The van der Waals surface area contributed by atoms with Crippen LogP contribution in [0.1, 0.15) is 29.0 Å². The van der Waals surface area contributed by atoms with Crippen molar-refractivity contribution in [3.05, 3.63) is 30.0 Å². The molecule has 0 radical (unpaired) electrons. The van der Waals surface area contributed by atoms with Crippen molar-refractivity contribution in [3.8, 4) is 11.5 Å². The van der Waals surface area contributed by atoms with Crippen LogP contribution >= 0.6 is 0 Å². The van der Waals surface area contributed by atoms with Gasteiger partial charge in [-0.15, -0.1) is 0 Å². The molecule has 1 saturated heterocycles. The van der Waals surface area contributed by atoms with Crippen molar-refractivity contribution in [3.63, 3.8) is 0 Å². The molecule has 1 aliphatic heterocycles. The van der Waals surface area contributed by atoms with Crippen LogP contribution < -0.4 is 10.6 Å². The number of nitrogens with one attached hydrogen (secondary N) is 2. The maximum absolute atomic E-state index is 13.2. The van der Waals surface area contributed by atoms with Gasteiger partial charge in [-0.05, 0) is 25.9 Å². The van der Waals surface area contributed by atoms with Gasteiger partial charge in [-0.25, -0.2) is 15.0 Å². The molecule has 0 saturated carbocycles. The Labute approximate surface area is 141 Å². The first-order chi connectivity index (χ1) is 11.8. The lowest BCUT2D eigenvalue weighted by molar-refractivity contribution is -0.141. The van der Waals surface area contributed by atoms with Gasteiger partial charge in [-0.1, -0.05) is 0 Å². The molecule has 25 heavy (non-hydrogen) atoms. The van der Waals surface area contributed by atoms with Gasteiger partial charge in [-0.3, -0.25) is 4.79 Å². The lowest BCUT2D eigenvalue weighted by Gasteiger charge is -2.23. The Balaban J connectivity index is 1.94. The van der Waals surface area contributed by atoms with Gasteiger partial charge in [0.2, 0.25) is 0 Å². The van der Waals surface area contributed by atoms with Gasteiger partial charge in [-0.2, -0.15) is 13.2 Å². The zero-order valence-corrected chi connectivity index (χ0v) is 13.5. The molecule has 1 fully saturated rings. The van der Waals surface area contributed by atoms with Crippen molar-refractivity contribution in [1.82, 2.24) is 30.2 Å². The number of hydrogen-bond acceptors (Lipinski definition) is 5. The number of amides is 1. The molecule has 134 valence electrons. The molecule has 10 heteroatoms. The second-order valence-electron chi connectivity index (χ2n) is 5.85. The number of piperidine rings is 1. The molecular weight excluding hydrogens is 337 g/mol. The third kappa shape index (κ3) is 3.95. The Hall–Kier alpha value is -2.49. The summed E-state index contributed by atoms with van der Waals surface area (Å²) in [7, 11) is 1.61. The van der Waals surface area contributed by atoms with E-state index in [0.29, 0.717) is 11.8 Å². The van der Waals surface area contributed by atoms with Crippen LogP contribution in [0.25, 0.3) is 11.5 Å². The Morgan fingerprint density at radius 2 is 2.04 bits per heavy atom. The van der Waals surface area contributed by atoms with Crippen molar-refractivity contribution >= 4 is 5.91 Å². The van der Waals surface area contributed by atoms with E-state index in [9.17, 15) is 18.0 Å². The van der Waals surface area contributed by atoms with Crippen LogP contribution in [0.5, 0.6) is 0 Å². The van der Waals surface area contributed by atoms with Gasteiger partial charge < -0.3 is 15.2 Å². The normalized spacial score (nSPS) is 16.0. The van der Waals surface area contributed by atoms with Crippen LogP contribution in [0.3, 0.4) is 0 Å². The minimum Gasteiger partial charge on any atom is -0.348 e. The van der Waals surface area contributed by atoms with Gasteiger partial charge in [0.25, 0.3) is 5.91 Å². The van der Waals surface area contributed by atoms with Crippen molar-refractivity contribution < 1.29 is 18.0 Å². The highest BCUT2D eigenvalue weighted by Crippen LogP contribution is 2.29. The summed E-state index contributed by atoms with van der Waals surface area (Å²) in [4.78, 5) is 23.8. The highest BCUT2D eigenvalue weighted by atomic mass is 19.4. The van der Waals surface area contributed by atoms with Crippen molar-refractivity contribution in [2.24, 2.45) is 7.05 Å². The van der Waals surface area contributed by atoms with Gasteiger partial charge in [0.15, 0.2) is 5.82 Å². The van der Waals surface area contributed by atoms with Gasteiger partial charge in [0.1, 0.15) is 17.1 Å². The van der Waals surface area contributed by atoms with Crippen LogP contribution in [-0.2, 0) is 13.2 Å². The monoisotopic (exact) mass is 354 g/mol. The van der Waals surface area contributed by atoms with E-state index in [1.807, 2.05) is 0 Å². The summed E-state index contributed by atoms with van der Waals surface area (Å²) >= 11 is 0. The molecule has 0 bridgehead atoms. The minimum absolute atomic E-state index is 0.0850. The first-order valence-electron chi connectivity index (χ1n) is 7.79. The number of aromatic nitrogens is 4. The van der Waals surface area contributed by atoms with E-state index in [4.69, 9.17) is 0 Å². The summed E-state index contributed by atoms with van der Waals surface area (Å²) in [6, 6.07) is 0.592. The lowest BCUT2D eigenvalue weighted by atomic mass is 10.1. The number of aryl methyl sites for hydroxylation is 1. The molecular formula is C15H17F3N6O. The molecule has 2 N–H and O–H groups in total. The molecule has 3 rings (SSSR count). The van der Waals surface area contributed by atoms with Crippen molar-refractivity contribution in [2.45, 2.75) is 25.1 Å². The van der Waals surface area contributed by atoms with E-state index in [-0.39, 0.29) is 17.6 Å². The lowest BCUT2D eigenvalue weighted by Crippen LogP contribution is -2.43. The Morgan fingerprint density at radius 1 is 1.32 bits per heavy atom. The SMILES string of the molecule is Cn1cncc1-c1nc(C(=O)NC2CCNCC2)cc(C(F)(F)F)n1. The van der Waals surface area contributed by atoms with Crippen LogP contribution in [0, 0.1) is 0 Å². The van der Waals surface area contributed by atoms with Crippen LogP contribution in [-0.4, -0.2) is 44.6 Å². The standard InChI is InChI=1S/C15H17F3N6O/c1-24-8-20-7-11(24)13-22-10(6-12(23-13)15(16,17)18)14(25)21-9-2-4-19-5-3-9/h6-9,19H,2-5H2,1H3,(H,21,25). The van der Waals surface area contributed by atoms with E-state index in [2.05, 4.69) is 25.6 Å². The topological polar surface area (TPSA) is 84.7 Å². The predicted molar refractivity (Wildman–Crippen MR) is 82.6 cm³/mol. The highest BCUT2D eigenvalue weighted by Gasteiger charge is 2.35. The fourth-order valence-corrected chi connectivity index (χ4v) is 2.62. The van der Waals surface area contributed by atoms with Crippen LogP contribution in [0.15, 0.2) is 18.6 Å². The number of carbonyl (C=O) groups is 1. The average Bonchev–Trinajstić information content (AvgIpc) is 3.00. The number of halogens is 3. The Kier molecular flexibility index (Phi) is 4.71. The third-order valence-electron chi connectivity index (χ3n) is 3.97. The Bertz CT molecular complexity index is 767. The van der Waals surface area contributed by atoms with Crippen molar-refractivity contribution in [2.75, 3.05) is 13.1 Å². The first kappa shape index (κ1) is 17.3. The van der Waals surface area contributed by atoms with Crippen LogP contribution in [0.2, 0.25) is 0 Å². The number of rotatable bonds is 3. The number of imidazole rings is 1. The van der Waals surface area contributed by atoms with Gasteiger partial charge in [0, 0.05) is 19.2 Å². The minimum atomic E-state index is -4.68. The van der Waals surface area contributed by atoms with Crippen LogP contribution in [0.4, 0.5) is 13.2 Å². The highest BCUT2D eigenvalue weighted by molar-refractivity contribution is 5.93. The molecule has 1 aliphatic rings. The number of nitrogens with zero attached hydrogens (tertiary/aromatic N) is 4. The molecule has 0 atom stereocenters. The molecule has 7 nitrogen and oxygen atoms in total. The number of hydrogen-bond donors (Lipinski definition) is 2. The van der Waals surface area contributed by atoms with E-state index >= 15 is 0 Å². The fraction of sp³-hybridized carbons (Fsp3) is 0.467. The second-order valence-corrected chi connectivity index (χ2v) is 5.85. The third-order valence-corrected chi connectivity index (χ3v) is 3.97. The van der Waals surface area contributed by atoms with E-state index in [1.54, 1.807) is 7.05 Å². The summed E-state index contributed by atoms with van der Waals surface area (Å²) in [6.07, 6.45) is -0.465. The second kappa shape index (κ2) is 6.79. The largest absolute Gasteiger partial charge is 0.433 e. The predicted octanol–water partition coefficient (Wildman–Crippen LogP) is 1.38. The van der Waals surface area contributed by atoms with E-state index in [1.165, 1.54) is 17.1 Å². The quantitative estimate of drug-likeness (QED) is 0.870. The van der Waals surface area contributed by atoms with Crippen molar-refractivity contribution in [1.29, 1.82) is 0 Å². The molecule has 0 spiro atoms. The average molecular weight is 354 g/mol. The summed E-state index contributed by atoms with van der Waals surface area (Å²) in [6.45, 7) is 1.51. The smallest absolute Gasteiger partial charge is 0.348 e. The van der Waals surface area contributed by atoms with Gasteiger partial charge in [0.05, 0.1) is 12.5 Å². The first-order valence-corrected chi connectivity index (χ1v) is 7.79. The van der Waals surface area contributed by atoms with Gasteiger partial charge >= 0.3 is 6.18 Å². The molecule has 0 aromatic carbocycles. The zero-order chi connectivity index (χ0) is 18.0.